The number of rotatable bonds is 2. The van der Waals surface area contributed by atoms with Crippen LogP contribution in [0.5, 0.6) is 0 Å². The van der Waals surface area contributed by atoms with Gasteiger partial charge in [-0.2, -0.15) is 0 Å². The van der Waals surface area contributed by atoms with Crippen molar-refractivity contribution in [2.75, 3.05) is 5.32 Å². The fourth-order valence-electron chi connectivity index (χ4n) is 2.14. The molecule has 1 saturated carbocycles. The highest BCUT2D eigenvalue weighted by molar-refractivity contribution is 5.89. The van der Waals surface area contributed by atoms with Gasteiger partial charge in [0, 0.05) is 11.7 Å². The third-order valence-corrected chi connectivity index (χ3v) is 3.11. The SMILES string of the molecule is O=C(Nc1cccc(F)c1)NC1CCC(O)CC1. The van der Waals surface area contributed by atoms with Crippen molar-refractivity contribution in [1.29, 1.82) is 0 Å². The van der Waals surface area contributed by atoms with E-state index >= 15 is 0 Å². The molecule has 18 heavy (non-hydrogen) atoms. The van der Waals surface area contributed by atoms with Gasteiger partial charge in [0.2, 0.25) is 0 Å². The summed E-state index contributed by atoms with van der Waals surface area (Å²) in [5.74, 6) is -0.381. The van der Waals surface area contributed by atoms with Gasteiger partial charge in [-0.3, -0.25) is 0 Å². The lowest BCUT2D eigenvalue weighted by Gasteiger charge is -2.26. The zero-order chi connectivity index (χ0) is 13.0. The Morgan fingerprint density at radius 2 is 2.00 bits per heavy atom. The number of halogens is 1. The third kappa shape index (κ3) is 3.70. The Kier molecular flexibility index (Phi) is 4.15. The smallest absolute Gasteiger partial charge is 0.319 e. The number of carbonyl (C=O) groups excluding carboxylic acids is 1. The van der Waals surface area contributed by atoms with Crippen LogP contribution in [0.2, 0.25) is 0 Å². The zero-order valence-electron chi connectivity index (χ0n) is 10.0. The summed E-state index contributed by atoms with van der Waals surface area (Å²) in [4.78, 5) is 11.7. The monoisotopic (exact) mass is 252 g/mol. The molecule has 0 aliphatic heterocycles. The first-order chi connectivity index (χ1) is 8.63. The molecule has 2 amide bonds. The number of nitrogens with one attached hydrogen (secondary N) is 2. The Labute approximate surface area is 105 Å². The minimum Gasteiger partial charge on any atom is -0.393 e. The number of aliphatic hydroxyl groups is 1. The van der Waals surface area contributed by atoms with Crippen molar-refractivity contribution >= 4 is 11.7 Å². The van der Waals surface area contributed by atoms with Gasteiger partial charge in [0.05, 0.1) is 6.10 Å². The maximum Gasteiger partial charge on any atom is 0.319 e. The van der Waals surface area contributed by atoms with E-state index in [4.69, 9.17) is 0 Å². The summed E-state index contributed by atoms with van der Waals surface area (Å²) in [6.45, 7) is 0. The summed E-state index contributed by atoms with van der Waals surface area (Å²) in [6.07, 6.45) is 2.74. The van der Waals surface area contributed by atoms with Gasteiger partial charge in [-0.25, -0.2) is 9.18 Å². The molecule has 1 aromatic rings. The molecular weight excluding hydrogens is 235 g/mol. The number of hydrogen-bond donors (Lipinski definition) is 3. The van der Waals surface area contributed by atoms with Crippen LogP contribution in [0, 0.1) is 5.82 Å². The van der Waals surface area contributed by atoms with Crippen LogP contribution < -0.4 is 10.6 Å². The Balaban J connectivity index is 1.82. The van der Waals surface area contributed by atoms with Gasteiger partial charge < -0.3 is 15.7 Å². The molecule has 5 heteroatoms. The number of urea groups is 1. The van der Waals surface area contributed by atoms with Gasteiger partial charge >= 0.3 is 6.03 Å². The molecule has 0 spiro atoms. The largest absolute Gasteiger partial charge is 0.393 e. The lowest BCUT2D eigenvalue weighted by atomic mass is 9.93. The average Bonchev–Trinajstić information content (AvgIpc) is 2.32. The molecule has 0 radical (unpaired) electrons. The average molecular weight is 252 g/mol. The lowest BCUT2D eigenvalue weighted by Crippen LogP contribution is -2.40. The van der Waals surface area contributed by atoms with Gasteiger partial charge in [-0.15, -0.1) is 0 Å². The van der Waals surface area contributed by atoms with Gasteiger partial charge in [-0.05, 0) is 43.9 Å². The van der Waals surface area contributed by atoms with Gasteiger partial charge in [0.25, 0.3) is 0 Å². The van der Waals surface area contributed by atoms with Crippen LogP contribution in [0.1, 0.15) is 25.7 Å². The Morgan fingerprint density at radius 3 is 2.67 bits per heavy atom. The van der Waals surface area contributed by atoms with Gasteiger partial charge in [0.1, 0.15) is 5.82 Å². The maximum atomic E-state index is 12.9. The highest BCUT2D eigenvalue weighted by Crippen LogP contribution is 2.18. The fraction of sp³-hybridized carbons (Fsp3) is 0.462. The normalized spacial score (nSPS) is 23.4. The van der Waals surface area contributed by atoms with Crippen LogP contribution in [0.15, 0.2) is 24.3 Å². The third-order valence-electron chi connectivity index (χ3n) is 3.11. The second-order valence-electron chi connectivity index (χ2n) is 4.61. The van der Waals surface area contributed by atoms with Crippen molar-refractivity contribution in [3.8, 4) is 0 Å². The topological polar surface area (TPSA) is 61.4 Å². The molecule has 0 atom stereocenters. The predicted octanol–water partition coefficient (Wildman–Crippen LogP) is 2.25. The number of amides is 2. The van der Waals surface area contributed by atoms with E-state index in [1.165, 1.54) is 12.1 Å². The van der Waals surface area contributed by atoms with Crippen LogP contribution in [-0.4, -0.2) is 23.3 Å². The fourth-order valence-corrected chi connectivity index (χ4v) is 2.14. The second-order valence-corrected chi connectivity index (χ2v) is 4.61. The van der Waals surface area contributed by atoms with Crippen LogP contribution in [0.4, 0.5) is 14.9 Å². The van der Waals surface area contributed by atoms with Crippen molar-refractivity contribution in [3.05, 3.63) is 30.1 Å². The lowest BCUT2D eigenvalue weighted by molar-refractivity contribution is 0.118. The number of benzene rings is 1. The summed E-state index contributed by atoms with van der Waals surface area (Å²) in [5, 5.41) is 14.8. The first-order valence-electron chi connectivity index (χ1n) is 6.14. The van der Waals surface area contributed by atoms with Crippen molar-refractivity contribution in [3.63, 3.8) is 0 Å². The quantitative estimate of drug-likeness (QED) is 0.756. The Bertz CT molecular complexity index is 417. The first-order valence-corrected chi connectivity index (χ1v) is 6.14. The van der Waals surface area contributed by atoms with E-state index in [0.717, 1.165) is 12.8 Å². The predicted molar refractivity (Wildman–Crippen MR) is 66.8 cm³/mol. The highest BCUT2D eigenvalue weighted by atomic mass is 19.1. The van der Waals surface area contributed by atoms with Crippen molar-refractivity contribution in [1.82, 2.24) is 5.32 Å². The molecule has 98 valence electrons. The van der Waals surface area contributed by atoms with E-state index in [1.807, 2.05) is 0 Å². The summed E-state index contributed by atoms with van der Waals surface area (Å²) in [7, 11) is 0. The van der Waals surface area contributed by atoms with E-state index < -0.39 is 0 Å². The van der Waals surface area contributed by atoms with Crippen LogP contribution in [-0.2, 0) is 0 Å². The minimum atomic E-state index is -0.381. The molecule has 1 aliphatic carbocycles. The molecule has 0 saturated heterocycles. The van der Waals surface area contributed by atoms with E-state index in [2.05, 4.69) is 10.6 Å². The summed E-state index contributed by atoms with van der Waals surface area (Å²) < 4.78 is 12.9. The van der Waals surface area contributed by atoms with Crippen LogP contribution in [0.3, 0.4) is 0 Å². The van der Waals surface area contributed by atoms with Crippen molar-refractivity contribution in [2.45, 2.75) is 37.8 Å². The molecule has 0 bridgehead atoms. The van der Waals surface area contributed by atoms with E-state index in [-0.39, 0.29) is 24.0 Å². The Hall–Kier alpha value is -1.62. The molecule has 0 unspecified atom stereocenters. The zero-order valence-corrected chi connectivity index (χ0v) is 10.0. The first kappa shape index (κ1) is 12.8. The van der Waals surface area contributed by atoms with E-state index in [0.29, 0.717) is 18.5 Å². The summed E-state index contributed by atoms with van der Waals surface area (Å²) in [6, 6.07) is 5.52. The Morgan fingerprint density at radius 1 is 1.28 bits per heavy atom. The van der Waals surface area contributed by atoms with Gasteiger partial charge in [-0.1, -0.05) is 6.07 Å². The summed E-state index contributed by atoms with van der Waals surface area (Å²) >= 11 is 0. The molecular formula is C13H17FN2O2. The number of anilines is 1. The van der Waals surface area contributed by atoms with E-state index in [1.54, 1.807) is 12.1 Å². The highest BCUT2D eigenvalue weighted by Gasteiger charge is 2.20. The standard InChI is InChI=1S/C13H17FN2O2/c14-9-2-1-3-11(8-9)16-13(18)15-10-4-6-12(17)7-5-10/h1-3,8,10,12,17H,4-7H2,(H2,15,16,18). The molecule has 0 heterocycles. The van der Waals surface area contributed by atoms with Crippen LogP contribution >= 0.6 is 0 Å². The number of carbonyl (C=O) groups is 1. The number of aliphatic hydroxyl groups excluding tert-OH is 1. The molecule has 1 fully saturated rings. The molecule has 0 aromatic heterocycles. The second kappa shape index (κ2) is 5.82. The van der Waals surface area contributed by atoms with E-state index in [9.17, 15) is 14.3 Å². The molecule has 3 N–H and O–H groups in total. The molecule has 4 nitrogen and oxygen atoms in total. The van der Waals surface area contributed by atoms with Gasteiger partial charge in [0.15, 0.2) is 0 Å². The van der Waals surface area contributed by atoms with Crippen molar-refractivity contribution < 1.29 is 14.3 Å². The number of hydrogen-bond acceptors (Lipinski definition) is 2. The molecule has 1 aromatic carbocycles. The maximum absolute atomic E-state index is 12.9. The molecule has 2 rings (SSSR count). The molecule has 1 aliphatic rings. The minimum absolute atomic E-state index is 0.0851. The van der Waals surface area contributed by atoms with Crippen molar-refractivity contribution in [2.24, 2.45) is 0 Å². The van der Waals surface area contributed by atoms with Crippen LogP contribution in [0.25, 0.3) is 0 Å². The summed E-state index contributed by atoms with van der Waals surface area (Å²) in [5.41, 5.74) is 0.434.